The maximum absolute atomic E-state index is 5.59. The molecule has 2 heterocycles. The van der Waals surface area contributed by atoms with Gasteiger partial charge >= 0.3 is 0 Å². The summed E-state index contributed by atoms with van der Waals surface area (Å²) < 4.78 is 5.37. The number of aromatic nitrogens is 2. The Kier molecular flexibility index (Phi) is 2.26. The van der Waals surface area contributed by atoms with Gasteiger partial charge in [0.25, 0.3) is 0 Å². The molecule has 0 saturated heterocycles. The zero-order chi connectivity index (χ0) is 10.8. The van der Waals surface area contributed by atoms with E-state index in [0.29, 0.717) is 23.2 Å². The minimum absolute atomic E-state index is 0.335. The fourth-order valence-electron chi connectivity index (χ4n) is 1.20. The van der Waals surface area contributed by atoms with Crippen molar-refractivity contribution in [1.82, 2.24) is 9.97 Å². The summed E-state index contributed by atoms with van der Waals surface area (Å²) in [5.41, 5.74) is 8.00. The molecule has 2 rings (SSSR count). The van der Waals surface area contributed by atoms with Gasteiger partial charge in [0, 0.05) is 6.07 Å². The second-order valence-corrected chi connectivity index (χ2v) is 3.06. The molecule has 0 amide bonds. The Labute approximate surface area is 86.3 Å². The van der Waals surface area contributed by atoms with Gasteiger partial charge in [-0.3, -0.25) is 0 Å². The maximum atomic E-state index is 5.59. The molecule has 78 valence electrons. The third-order valence-corrected chi connectivity index (χ3v) is 1.85. The number of hydrazine groups is 1. The summed E-state index contributed by atoms with van der Waals surface area (Å²) in [6.45, 7) is 1.85. The van der Waals surface area contributed by atoms with Crippen molar-refractivity contribution in [1.29, 1.82) is 0 Å². The highest BCUT2D eigenvalue weighted by Crippen LogP contribution is 2.20. The number of nitrogens with two attached hydrogens (primary N) is 2. The lowest BCUT2D eigenvalue weighted by Crippen LogP contribution is -2.10. The van der Waals surface area contributed by atoms with Gasteiger partial charge in [-0.05, 0) is 19.1 Å². The molecule has 15 heavy (non-hydrogen) atoms. The highest BCUT2D eigenvalue weighted by Gasteiger charge is 2.08. The van der Waals surface area contributed by atoms with E-state index in [0.717, 1.165) is 5.76 Å². The topological polar surface area (TPSA) is 103 Å². The molecular weight excluding hydrogens is 194 g/mol. The van der Waals surface area contributed by atoms with E-state index in [1.165, 1.54) is 0 Å². The largest absolute Gasteiger partial charge is 0.458 e. The molecule has 0 saturated carbocycles. The van der Waals surface area contributed by atoms with Crippen molar-refractivity contribution in [2.75, 3.05) is 11.2 Å². The maximum Gasteiger partial charge on any atom is 0.199 e. The van der Waals surface area contributed by atoms with E-state index in [1.54, 1.807) is 12.1 Å². The molecule has 6 heteroatoms. The number of anilines is 2. The van der Waals surface area contributed by atoms with Gasteiger partial charge in [0.15, 0.2) is 11.6 Å². The molecule has 0 spiro atoms. The van der Waals surface area contributed by atoms with E-state index in [-0.39, 0.29) is 0 Å². The Balaban J connectivity index is 2.48. The fraction of sp³-hybridized carbons (Fsp3) is 0.111. The van der Waals surface area contributed by atoms with Gasteiger partial charge in [0.1, 0.15) is 17.4 Å². The van der Waals surface area contributed by atoms with Crippen molar-refractivity contribution in [2.45, 2.75) is 6.92 Å². The van der Waals surface area contributed by atoms with Crippen LogP contribution in [0.2, 0.25) is 0 Å². The van der Waals surface area contributed by atoms with Crippen LogP contribution in [0.4, 0.5) is 11.6 Å². The molecule has 0 aromatic carbocycles. The van der Waals surface area contributed by atoms with Crippen molar-refractivity contribution in [3.8, 4) is 11.6 Å². The van der Waals surface area contributed by atoms with Crippen molar-refractivity contribution in [3.05, 3.63) is 24.0 Å². The molecule has 2 aromatic rings. The monoisotopic (exact) mass is 205 g/mol. The smallest absolute Gasteiger partial charge is 0.199 e. The molecule has 0 aliphatic carbocycles. The summed E-state index contributed by atoms with van der Waals surface area (Å²) in [5, 5.41) is 0. The number of aryl methyl sites for hydroxylation is 1. The number of hydrogen-bond donors (Lipinski definition) is 3. The Morgan fingerprint density at radius 1 is 1.33 bits per heavy atom. The van der Waals surface area contributed by atoms with Crippen LogP contribution in [0.1, 0.15) is 5.76 Å². The molecule has 0 fully saturated rings. The molecule has 0 unspecified atom stereocenters. The third-order valence-electron chi connectivity index (χ3n) is 1.85. The van der Waals surface area contributed by atoms with Gasteiger partial charge in [-0.15, -0.1) is 0 Å². The lowest BCUT2D eigenvalue weighted by molar-refractivity contribution is 0.544. The van der Waals surface area contributed by atoms with E-state index in [2.05, 4.69) is 15.4 Å². The quantitative estimate of drug-likeness (QED) is 0.497. The highest BCUT2D eigenvalue weighted by molar-refractivity contribution is 5.55. The summed E-state index contributed by atoms with van der Waals surface area (Å²) in [6.07, 6.45) is 0. The number of rotatable bonds is 2. The Morgan fingerprint density at radius 3 is 2.73 bits per heavy atom. The first kappa shape index (κ1) is 9.47. The summed E-state index contributed by atoms with van der Waals surface area (Å²) in [6, 6.07) is 5.15. The fourth-order valence-corrected chi connectivity index (χ4v) is 1.20. The van der Waals surface area contributed by atoms with Gasteiger partial charge < -0.3 is 15.6 Å². The van der Waals surface area contributed by atoms with Gasteiger partial charge in [-0.25, -0.2) is 15.8 Å². The van der Waals surface area contributed by atoms with E-state index in [4.69, 9.17) is 16.0 Å². The third kappa shape index (κ3) is 1.89. The number of nitrogen functional groups attached to an aromatic ring is 2. The highest BCUT2D eigenvalue weighted by atomic mass is 16.3. The van der Waals surface area contributed by atoms with E-state index in [9.17, 15) is 0 Å². The predicted molar refractivity (Wildman–Crippen MR) is 56.7 cm³/mol. The van der Waals surface area contributed by atoms with Crippen molar-refractivity contribution < 1.29 is 4.42 Å². The van der Waals surface area contributed by atoms with Crippen LogP contribution in [0.3, 0.4) is 0 Å². The van der Waals surface area contributed by atoms with Crippen LogP contribution in [-0.4, -0.2) is 9.97 Å². The second kappa shape index (κ2) is 3.58. The Hall–Kier alpha value is -2.08. The van der Waals surface area contributed by atoms with E-state index in [1.807, 2.05) is 13.0 Å². The molecule has 5 N–H and O–H groups in total. The average Bonchev–Trinajstić information content (AvgIpc) is 2.64. The molecular formula is C9H11N5O. The van der Waals surface area contributed by atoms with Crippen LogP contribution in [0, 0.1) is 6.92 Å². The van der Waals surface area contributed by atoms with Gasteiger partial charge in [0.2, 0.25) is 0 Å². The van der Waals surface area contributed by atoms with Crippen LogP contribution in [0.5, 0.6) is 0 Å². The van der Waals surface area contributed by atoms with Crippen LogP contribution in [0.15, 0.2) is 22.6 Å². The first-order valence-corrected chi connectivity index (χ1v) is 4.37. The Bertz CT molecular complexity index is 479. The normalized spacial score (nSPS) is 10.3. The van der Waals surface area contributed by atoms with Crippen molar-refractivity contribution in [2.24, 2.45) is 5.84 Å². The van der Waals surface area contributed by atoms with Crippen LogP contribution >= 0.6 is 0 Å². The number of furan rings is 1. The standard InChI is InChI=1S/C9H11N5O/c1-5-2-3-6(15-5)9-12-7(10)4-8(13-9)14-11/h2-4H,11H2,1H3,(H3,10,12,13,14). The van der Waals surface area contributed by atoms with Gasteiger partial charge in [-0.1, -0.05) is 0 Å². The summed E-state index contributed by atoms with van der Waals surface area (Å²) >= 11 is 0. The molecule has 0 aliphatic heterocycles. The van der Waals surface area contributed by atoms with E-state index < -0.39 is 0 Å². The van der Waals surface area contributed by atoms with Crippen molar-refractivity contribution in [3.63, 3.8) is 0 Å². The molecule has 0 bridgehead atoms. The summed E-state index contributed by atoms with van der Waals surface area (Å²) in [5.74, 6) is 7.80. The van der Waals surface area contributed by atoms with Crippen LogP contribution in [0.25, 0.3) is 11.6 Å². The second-order valence-electron chi connectivity index (χ2n) is 3.06. The SMILES string of the molecule is Cc1ccc(-c2nc(N)cc(NN)n2)o1. The molecule has 6 nitrogen and oxygen atoms in total. The van der Waals surface area contributed by atoms with Crippen LogP contribution in [-0.2, 0) is 0 Å². The number of hydrogen-bond acceptors (Lipinski definition) is 6. The molecule has 0 aliphatic rings. The summed E-state index contributed by atoms with van der Waals surface area (Å²) in [7, 11) is 0. The zero-order valence-electron chi connectivity index (χ0n) is 8.19. The van der Waals surface area contributed by atoms with Gasteiger partial charge in [0.05, 0.1) is 0 Å². The van der Waals surface area contributed by atoms with Gasteiger partial charge in [-0.2, -0.15) is 0 Å². The van der Waals surface area contributed by atoms with E-state index >= 15 is 0 Å². The zero-order valence-corrected chi connectivity index (χ0v) is 8.19. The predicted octanol–water partition coefficient (Wildman–Crippen LogP) is 0.913. The van der Waals surface area contributed by atoms with Crippen molar-refractivity contribution >= 4 is 11.6 Å². The Morgan fingerprint density at radius 2 is 2.13 bits per heavy atom. The molecule has 2 aromatic heterocycles. The minimum atomic E-state index is 0.335. The van der Waals surface area contributed by atoms with Crippen LogP contribution < -0.4 is 17.0 Å². The number of nitrogens with one attached hydrogen (secondary N) is 1. The average molecular weight is 205 g/mol. The lowest BCUT2D eigenvalue weighted by Gasteiger charge is -2.02. The minimum Gasteiger partial charge on any atom is -0.458 e. The first-order chi connectivity index (χ1) is 7.19. The molecule has 0 radical (unpaired) electrons. The number of nitrogens with zero attached hydrogens (tertiary/aromatic N) is 2. The molecule has 0 atom stereocenters. The lowest BCUT2D eigenvalue weighted by atomic mass is 10.4. The summed E-state index contributed by atoms with van der Waals surface area (Å²) in [4.78, 5) is 8.16. The first-order valence-electron chi connectivity index (χ1n) is 4.37.